The van der Waals surface area contributed by atoms with Crippen LogP contribution in [0.4, 0.5) is 73.6 Å². The molecule has 0 spiro atoms. The SMILES string of the molecule is C[C@@H](COc1cccc(-c2cccc(OC[C@H](C)NC(=O)Nc3cc(C(F)(F)F)cc(C(F)(F)F)c3)n2)n1)NC(=O)Nc1cc(C(F)(F)F)cc(C(F)(F)F)c1. The van der Waals surface area contributed by atoms with E-state index >= 15 is 0 Å². The third-order valence-corrected chi connectivity index (χ3v) is 7.12. The molecular formula is C34H28F12N6O4. The molecule has 0 radical (unpaired) electrons. The van der Waals surface area contributed by atoms with E-state index in [0.29, 0.717) is 24.3 Å². The lowest BCUT2D eigenvalue weighted by Gasteiger charge is -2.18. The van der Waals surface area contributed by atoms with Gasteiger partial charge in [-0.25, -0.2) is 19.6 Å². The standard InChI is InChI=1S/C34H28F12N6O4/c1-17(47-29(53)49-23-11-19(31(35,36)37)9-20(12-23)32(38,39)40)15-55-27-7-3-5-25(51-27)26-6-4-8-28(52-26)56-16-18(2)48-30(54)50-24-13-21(33(41,42)43)10-22(14-24)34(44,45)46/h3-14,17-18H,15-16H2,1-2H3,(H2,47,49,53)(H2,48,50,54)/t17-,18-/m0/s1. The molecule has 4 aromatic rings. The van der Waals surface area contributed by atoms with Gasteiger partial charge in [-0.05, 0) is 62.4 Å². The molecule has 4 N–H and O–H groups in total. The van der Waals surface area contributed by atoms with Crippen LogP contribution in [-0.2, 0) is 24.7 Å². The van der Waals surface area contributed by atoms with E-state index in [0.717, 1.165) is 0 Å². The Kier molecular flexibility index (Phi) is 12.8. The topological polar surface area (TPSA) is 126 Å². The number of alkyl halides is 12. The molecule has 10 nitrogen and oxygen atoms in total. The third kappa shape index (κ3) is 12.5. The van der Waals surface area contributed by atoms with Crippen LogP contribution in [0.3, 0.4) is 0 Å². The van der Waals surface area contributed by atoms with Crippen LogP contribution in [0, 0.1) is 0 Å². The Hall–Kier alpha value is -5.96. The van der Waals surface area contributed by atoms with E-state index in [-0.39, 0.29) is 48.5 Å². The highest BCUT2D eigenvalue weighted by Gasteiger charge is 2.38. The lowest BCUT2D eigenvalue weighted by atomic mass is 10.1. The van der Waals surface area contributed by atoms with Crippen LogP contribution in [0.25, 0.3) is 11.4 Å². The fraction of sp³-hybridized carbons (Fsp3) is 0.294. The monoisotopic (exact) mass is 812 g/mol. The molecule has 0 bridgehead atoms. The zero-order chi connectivity index (χ0) is 41.6. The van der Waals surface area contributed by atoms with Crippen molar-refractivity contribution in [1.29, 1.82) is 0 Å². The number of ether oxygens (including phenoxy) is 2. The molecule has 2 atom stereocenters. The highest BCUT2D eigenvalue weighted by molar-refractivity contribution is 5.90. The molecule has 302 valence electrons. The summed E-state index contributed by atoms with van der Waals surface area (Å²) in [7, 11) is 0. The number of halogens is 12. The summed E-state index contributed by atoms with van der Waals surface area (Å²) in [5, 5.41) is 8.54. The van der Waals surface area contributed by atoms with E-state index in [2.05, 4.69) is 20.6 Å². The van der Waals surface area contributed by atoms with E-state index < -0.39 is 82.5 Å². The van der Waals surface area contributed by atoms with E-state index in [1.165, 1.54) is 38.1 Å². The molecule has 0 saturated carbocycles. The number of pyridine rings is 2. The Bertz CT molecular complexity index is 1810. The van der Waals surface area contributed by atoms with Crippen molar-refractivity contribution in [3.05, 3.63) is 95.1 Å². The second-order valence-electron chi connectivity index (χ2n) is 11.9. The predicted octanol–water partition coefficient (Wildman–Crippen LogP) is 9.40. The maximum Gasteiger partial charge on any atom is 0.416 e. The quantitative estimate of drug-likeness (QED) is 0.112. The van der Waals surface area contributed by atoms with Gasteiger partial charge < -0.3 is 30.7 Å². The molecule has 2 heterocycles. The summed E-state index contributed by atoms with van der Waals surface area (Å²) in [6, 6.07) is 6.41. The number of carbonyl (C=O) groups excluding carboxylic acids is 2. The van der Waals surface area contributed by atoms with Gasteiger partial charge in [0.1, 0.15) is 13.2 Å². The summed E-state index contributed by atoms with van der Waals surface area (Å²) in [5.74, 6) is 0.0636. The van der Waals surface area contributed by atoms with Gasteiger partial charge in [0, 0.05) is 23.5 Å². The fourth-order valence-corrected chi connectivity index (χ4v) is 4.62. The van der Waals surface area contributed by atoms with Crippen molar-refractivity contribution in [2.45, 2.75) is 50.6 Å². The number of benzene rings is 2. The molecule has 4 amide bonds. The molecule has 4 rings (SSSR count). The first-order valence-corrected chi connectivity index (χ1v) is 15.8. The highest BCUT2D eigenvalue weighted by atomic mass is 19.4. The highest BCUT2D eigenvalue weighted by Crippen LogP contribution is 2.39. The molecule has 0 fully saturated rings. The minimum atomic E-state index is -5.11. The number of rotatable bonds is 11. The van der Waals surface area contributed by atoms with Crippen molar-refractivity contribution in [2.24, 2.45) is 0 Å². The lowest BCUT2D eigenvalue weighted by Crippen LogP contribution is -2.39. The number of hydrogen-bond donors (Lipinski definition) is 4. The first-order valence-electron chi connectivity index (χ1n) is 15.8. The fourth-order valence-electron chi connectivity index (χ4n) is 4.62. The summed E-state index contributed by atoms with van der Waals surface area (Å²) in [5.41, 5.74) is -7.42. The van der Waals surface area contributed by atoms with Crippen molar-refractivity contribution >= 4 is 23.4 Å². The normalized spacial score (nSPS) is 13.3. The molecular weight excluding hydrogens is 784 g/mol. The maximum absolute atomic E-state index is 13.1. The first kappa shape index (κ1) is 42.8. The van der Waals surface area contributed by atoms with Gasteiger partial charge in [0.15, 0.2) is 0 Å². The van der Waals surface area contributed by atoms with Crippen LogP contribution in [0.15, 0.2) is 72.8 Å². The second kappa shape index (κ2) is 16.8. The molecule has 56 heavy (non-hydrogen) atoms. The van der Waals surface area contributed by atoms with Crippen LogP contribution in [0.2, 0.25) is 0 Å². The van der Waals surface area contributed by atoms with Gasteiger partial charge in [0.2, 0.25) is 11.8 Å². The zero-order valence-corrected chi connectivity index (χ0v) is 28.6. The van der Waals surface area contributed by atoms with Crippen molar-refractivity contribution in [3.8, 4) is 23.1 Å². The van der Waals surface area contributed by atoms with Gasteiger partial charge in [0.25, 0.3) is 0 Å². The van der Waals surface area contributed by atoms with Crippen LogP contribution in [0.1, 0.15) is 36.1 Å². The zero-order valence-electron chi connectivity index (χ0n) is 28.6. The van der Waals surface area contributed by atoms with Crippen LogP contribution < -0.4 is 30.7 Å². The van der Waals surface area contributed by atoms with E-state index in [1.54, 1.807) is 12.1 Å². The van der Waals surface area contributed by atoms with Gasteiger partial charge in [-0.15, -0.1) is 0 Å². The summed E-state index contributed by atoms with van der Waals surface area (Å²) in [6.45, 7) is 2.39. The Morgan fingerprint density at radius 1 is 0.536 bits per heavy atom. The summed E-state index contributed by atoms with van der Waals surface area (Å²) < 4.78 is 169. The predicted molar refractivity (Wildman–Crippen MR) is 175 cm³/mol. The second-order valence-corrected chi connectivity index (χ2v) is 11.9. The van der Waals surface area contributed by atoms with Crippen molar-refractivity contribution < 1.29 is 71.7 Å². The Balaban J connectivity index is 1.30. The maximum atomic E-state index is 13.1. The number of aromatic nitrogens is 2. The van der Waals surface area contributed by atoms with Gasteiger partial charge in [-0.2, -0.15) is 52.7 Å². The molecule has 2 aromatic heterocycles. The average Bonchev–Trinajstić information content (AvgIpc) is 3.08. The molecule has 0 unspecified atom stereocenters. The van der Waals surface area contributed by atoms with Crippen LogP contribution in [-0.4, -0.2) is 47.3 Å². The van der Waals surface area contributed by atoms with Crippen LogP contribution in [0.5, 0.6) is 11.8 Å². The number of anilines is 2. The number of urea groups is 2. The number of hydrogen-bond acceptors (Lipinski definition) is 6. The minimum Gasteiger partial charge on any atom is -0.475 e. The number of amides is 4. The Morgan fingerprint density at radius 3 is 1.12 bits per heavy atom. The average molecular weight is 813 g/mol. The Morgan fingerprint density at radius 2 is 0.839 bits per heavy atom. The number of carbonyl (C=O) groups is 2. The van der Waals surface area contributed by atoms with Crippen LogP contribution >= 0.6 is 0 Å². The smallest absolute Gasteiger partial charge is 0.416 e. The Labute approximate surface area is 308 Å². The molecule has 22 heteroatoms. The first-order chi connectivity index (χ1) is 25.9. The molecule has 0 aliphatic heterocycles. The van der Waals surface area contributed by atoms with Crippen molar-refractivity contribution in [1.82, 2.24) is 20.6 Å². The van der Waals surface area contributed by atoms with E-state index in [9.17, 15) is 62.3 Å². The van der Waals surface area contributed by atoms with Gasteiger partial charge >= 0.3 is 36.8 Å². The van der Waals surface area contributed by atoms with Gasteiger partial charge in [-0.1, -0.05) is 12.1 Å². The van der Waals surface area contributed by atoms with E-state index in [1.807, 2.05) is 10.6 Å². The minimum absolute atomic E-state index is 0.0318. The molecule has 2 aromatic carbocycles. The van der Waals surface area contributed by atoms with E-state index in [4.69, 9.17) is 9.47 Å². The third-order valence-electron chi connectivity index (χ3n) is 7.12. The summed E-state index contributed by atoms with van der Waals surface area (Å²) in [6.07, 6.45) is -20.4. The van der Waals surface area contributed by atoms with Crippen molar-refractivity contribution in [3.63, 3.8) is 0 Å². The molecule has 0 saturated heterocycles. The van der Waals surface area contributed by atoms with Crippen molar-refractivity contribution in [2.75, 3.05) is 23.8 Å². The van der Waals surface area contributed by atoms with Gasteiger partial charge in [-0.3, -0.25) is 0 Å². The lowest BCUT2D eigenvalue weighted by molar-refractivity contribution is -0.144. The summed E-state index contributed by atoms with van der Waals surface area (Å²) >= 11 is 0. The molecule has 0 aliphatic rings. The number of nitrogens with zero attached hydrogens (tertiary/aromatic N) is 2. The largest absolute Gasteiger partial charge is 0.475 e. The summed E-state index contributed by atoms with van der Waals surface area (Å²) in [4.78, 5) is 33.3. The van der Waals surface area contributed by atoms with Gasteiger partial charge in [0.05, 0.1) is 45.7 Å². The molecule has 0 aliphatic carbocycles. The number of nitrogens with one attached hydrogen (secondary N) is 4.